The fourth-order valence-electron chi connectivity index (χ4n) is 7.29. The maximum atomic E-state index is 14.6. The molecule has 5 unspecified atom stereocenters. The summed E-state index contributed by atoms with van der Waals surface area (Å²) in [6.07, 6.45) is -1.17. The molecule has 0 fully saturated rings. The zero-order valence-electron chi connectivity index (χ0n) is 36.3. The maximum absolute atomic E-state index is 14.6. The molecule has 5 rings (SSSR count). The number of aromatic hydroxyl groups is 2. The number of carbonyl (C=O) groups is 7. The Bertz CT molecular complexity index is 2400. The van der Waals surface area contributed by atoms with E-state index in [1.54, 1.807) is 43.3 Å². The highest BCUT2D eigenvalue weighted by molar-refractivity contribution is 6.30. The highest BCUT2D eigenvalue weighted by Gasteiger charge is 2.36. The predicted octanol–water partition coefficient (Wildman–Crippen LogP) is 3.37. The van der Waals surface area contributed by atoms with Crippen LogP contribution in [0.3, 0.4) is 0 Å². The van der Waals surface area contributed by atoms with E-state index in [2.05, 4.69) is 21.3 Å². The van der Waals surface area contributed by atoms with Crippen LogP contribution in [0.15, 0.2) is 84.9 Å². The lowest BCUT2D eigenvalue weighted by atomic mass is 9.93. The molecule has 17 nitrogen and oxygen atoms in total. The third-order valence-electron chi connectivity index (χ3n) is 10.9. The number of carbonyl (C=O) groups excluding carboxylic acids is 7. The van der Waals surface area contributed by atoms with Gasteiger partial charge in [0.15, 0.2) is 5.78 Å². The number of benzene rings is 4. The van der Waals surface area contributed by atoms with E-state index in [0.717, 1.165) is 16.0 Å². The number of halogens is 1. The quantitative estimate of drug-likeness (QED) is 0.0457. The smallest absolute Gasteiger partial charge is 0.306 e. The summed E-state index contributed by atoms with van der Waals surface area (Å²) in [5, 5.41) is 33.2. The summed E-state index contributed by atoms with van der Waals surface area (Å²) in [5.41, 5.74) is 14.5. The topological polar surface area (TPSA) is 273 Å². The largest absolute Gasteiger partial charge is 0.507 e. The van der Waals surface area contributed by atoms with E-state index in [1.165, 1.54) is 50.4 Å². The minimum atomic E-state index is -1.55. The Kier molecular flexibility index (Phi) is 17.2. The summed E-state index contributed by atoms with van der Waals surface area (Å²) in [5.74, 6) is -5.59. The van der Waals surface area contributed by atoms with Gasteiger partial charge in [0.05, 0.1) is 13.0 Å². The number of phenols is 2. The highest BCUT2D eigenvalue weighted by atomic mass is 35.5. The molecule has 4 aromatic rings. The van der Waals surface area contributed by atoms with Crippen LogP contribution < -0.4 is 32.7 Å². The lowest BCUT2D eigenvalue weighted by Gasteiger charge is -2.32. The van der Waals surface area contributed by atoms with Gasteiger partial charge in [-0.15, -0.1) is 0 Å². The summed E-state index contributed by atoms with van der Waals surface area (Å²) in [4.78, 5) is 95.8. The van der Waals surface area contributed by atoms with Crippen LogP contribution >= 0.6 is 11.6 Å². The molecule has 4 aromatic carbocycles. The van der Waals surface area contributed by atoms with Crippen LogP contribution in [0, 0.1) is 0 Å². The van der Waals surface area contributed by atoms with Crippen molar-refractivity contribution in [2.75, 3.05) is 20.2 Å². The molecule has 1 heterocycles. The Morgan fingerprint density at radius 1 is 0.846 bits per heavy atom. The minimum absolute atomic E-state index is 0.0692. The molecule has 18 heteroatoms. The van der Waals surface area contributed by atoms with Crippen molar-refractivity contribution < 1.29 is 48.5 Å². The van der Waals surface area contributed by atoms with Gasteiger partial charge in [0.2, 0.25) is 23.6 Å². The van der Waals surface area contributed by atoms with Gasteiger partial charge in [0.25, 0.3) is 5.91 Å². The number of nitrogens with zero attached hydrogens (tertiary/aromatic N) is 1. The molecular weight excluding hydrogens is 858 g/mol. The molecule has 5 amide bonds. The Balaban J connectivity index is 1.45. The number of fused-ring (bicyclic) bond motifs is 5. The third-order valence-corrected chi connectivity index (χ3v) is 11.1. The average Bonchev–Trinajstić information content (AvgIpc) is 3.28. The van der Waals surface area contributed by atoms with Crippen LogP contribution in [-0.4, -0.2) is 101 Å². The number of amides is 5. The number of nitrogens with one attached hydrogen (secondary N) is 4. The Labute approximate surface area is 381 Å². The van der Waals surface area contributed by atoms with Crippen molar-refractivity contribution in [3.8, 4) is 33.8 Å². The molecule has 4 bridgehead atoms. The molecule has 0 radical (unpaired) electrons. The molecule has 5 atom stereocenters. The Morgan fingerprint density at radius 3 is 2.12 bits per heavy atom. The molecular formula is C47H54ClN7O10. The van der Waals surface area contributed by atoms with Crippen molar-refractivity contribution in [2.45, 2.75) is 82.7 Å². The number of hydrogen-bond donors (Lipinski definition) is 8. The second-order valence-electron chi connectivity index (χ2n) is 15.6. The summed E-state index contributed by atoms with van der Waals surface area (Å²) in [7, 11) is 1.37. The normalized spacial score (nSPS) is 17.0. The average molecular weight is 912 g/mol. The number of Topliss-reactive ketones (excluding diaryl/α,β-unsaturated/α-hetero) is 1. The van der Waals surface area contributed by atoms with Crippen molar-refractivity contribution in [3.63, 3.8) is 0 Å². The first kappa shape index (κ1) is 49.2. The van der Waals surface area contributed by atoms with Crippen LogP contribution in [0.5, 0.6) is 11.5 Å². The molecule has 0 saturated heterocycles. The summed E-state index contributed by atoms with van der Waals surface area (Å²) in [6.45, 7) is 3.43. The van der Waals surface area contributed by atoms with Gasteiger partial charge in [-0.2, -0.15) is 0 Å². The Morgan fingerprint density at radius 2 is 1.48 bits per heavy atom. The first-order chi connectivity index (χ1) is 31.0. The number of nitrogens with two attached hydrogens (primary N) is 2. The summed E-state index contributed by atoms with van der Waals surface area (Å²) < 4.78 is 4.85. The summed E-state index contributed by atoms with van der Waals surface area (Å²) >= 11 is 6.04. The Hall–Kier alpha value is -6.82. The van der Waals surface area contributed by atoms with Crippen molar-refractivity contribution in [1.29, 1.82) is 0 Å². The van der Waals surface area contributed by atoms with Gasteiger partial charge in [0.1, 0.15) is 41.8 Å². The molecule has 344 valence electrons. The van der Waals surface area contributed by atoms with E-state index >= 15 is 0 Å². The van der Waals surface area contributed by atoms with Gasteiger partial charge < -0.3 is 52.6 Å². The fourth-order valence-corrected chi connectivity index (χ4v) is 7.41. The van der Waals surface area contributed by atoms with Gasteiger partial charge in [0, 0.05) is 41.6 Å². The molecule has 0 spiro atoms. The van der Waals surface area contributed by atoms with Gasteiger partial charge in [-0.3, -0.25) is 33.6 Å². The van der Waals surface area contributed by atoms with Gasteiger partial charge >= 0.3 is 5.97 Å². The second-order valence-corrected chi connectivity index (χ2v) is 16.1. The highest BCUT2D eigenvalue weighted by Crippen LogP contribution is 2.39. The molecule has 0 aliphatic carbocycles. The van der Waals surface area contributed by atoms with Crippen LogP contribution in [0.25, 0.3) is 22.3 Å². The lowest BCUT2D eigenvalue weighted by molar-refractivity contribution is -0.144. The van der Waals surface area contributed by atoms with Crippen molar-refractivity contribution in [2.24, 2.45) is 11.5 Å². The third kappa shape index (κ3) is 12.9. The van der Waals surface area contributed by atoms with E-state index in [0.29, 0.717) is 30.0 Å². The van der Waals surface area contributed by atoms with Gasteiger partial charge in [-0.05, 0) is 110 Å². The second kappa shape index (κ2) is 22.7. The van der Waals surface area contributed by atoms with E-state index in [9.17, 15) is 43.8 Å². The van der Waals surface area contributed by atoms with E-state index in [-0.39, 0.29) is 66.0 Å². The number of ether oxygens (including phenoxy) is 1. The number of ketones is 1. The fraction of sp³-hybridized carbons (Fsp3) is 0.340. The monoisotopic (exact) mass is 911 g/mol. The number of likely N-dealkylation sites (N-methyl/N-ethyl adjacent to an activating group) is 1. The number of rotatable bonds is 16. The standard InChI is InChI=1S/C47H54ClN7O10/c1-4-65-40(59)21-20-39(58)42(50)54-45(62)36-24-27-8-18-37(56)33(23-27)34-25-31(15-19-38(34)57)41(46(63)51-26(2)43(60)53-36)55(3)47(64)35(7-5-6-22-49)52-44(61)30-11-9-28(10-12-30)29-13-16-32(48)17-14-29/h8-19,23,25-26,35-36,41-42,56-57H,4-7,20-22,24,49-50H2,1-3H3,(H,51,63)(H,52,61)(H,53,60)(H,54,62). The van der Waals surface area contributed by atoms with E-state index in [1.807, 2.05) is 12.1 Å². The van der Waals surface area contributed by atoms with Crippen molar-refractivity contribution in [1.82, 2.24) is 26.2 Å². The zero-order valence-corrected chi connectivity index (χ0v) is 37.0. The maximum Gasteiger partial charge on any atom is 0.306 e. The van der Waals surface area contributed by atoms with Crippen LogP contribution in [0.4, 0.5) is 0 Å². The van der Waals surface area contributed by atoms with Crippen molar-refractivity contribution >= 4 is 52.9 Å². The van der Waals surface area contributed by atoms with E-state index < -0.39 is 71.6 Å². The summed E-state index contributed by atoms with van der Waals surface area (Å²) in [6, 6.07) is 17.1. The molecule has 65 heavy (non-hydrogen) atoms. The van der Waals surface area contributed by atoms with Gasteiger partial charge in [-0.1, -0.05) is 48.0 Å². The zero-order chi connectivity index (χ0) is 47.4. The number of unbranched alkanes of at least 4 members (excludes halogenated alkanes) is 1. The lowest BCUT2D eigenvalue weighted by Crippen LogP contribution is -2.58. The molecule has 0 aromatic heterocycles. The van der Waals surface area contributed by atoms with Crippen LogP contribution in [-0.2, 0) is 39.9 Å². The number of hydrogen-bond acceptors (Lipinski definition) is 12. The number of esters is 1. The predicted molar refractivity (Wildman–Crippen MR) is 242 cm³/mol. The SMILES string of the molecule is CCOC(=O)CCC(=O)C(N)NC(=O)C1Cc2ccc(O)c(c2)-c2cc(ccc2O)C(N(C)C(=O)C(CCCCN)NC(=O)c2ccc(-c3ccc(Cl)cc3)cc2)C(=O)NC(C)C(=O)N1. The molecule has 1 aliphatic rings. The molecule has 10 N–H and O–H groups in total. The molecule has 1 aliphatic heterocycles. The van der Waals surface area contributed by atoms with Crippen LogP contribution in [0.1, 0.15) is 73.5 Å². The van der Waals surface area contributed by atoms with Crippen molar-refractivity contribution in [3.05, 3.63) is 107 Å². The van der Waals surface area contributed by atoms with Gasteiger partial charge in [-0.25, -0.2) is 0 Å². The first-order valence-corrected chi connectivity index (χ1v) is 21.5. The van der Waals surface area contributed by atoms with Crippen LogP contribution in [0.2, 0.25) is 5.02 Å². The van der Waals surface area contributed by atoms with E-state index in [4.69, 9.17) is 27.8 Å². The number of phenolic OH excluding ortho intramolecular Hbond substituents is 2. The molecule has 0 saturated carbocycles. The first-order valence-electron chi connectivity index (χ1n) is 21.1. The minimum Gasteiger partial charge on any atom is -0.507 e.